The number of nitrogens with zero attached hydrogens (tertiary/aromatic N) is 2. The van der Waals surface area contributed by atoms with Crippen LogP contribution in [0.1, 0.15) is 6.92 Å². The Bertz CT molecular complexity index is 1060. The topological polar surface area (TPSA) is 64.0 Å². The second-order valence-corrected chi connectivity index (χ2v) is 7.65. The number of aromatic nitrogens is 2. The normalized spacial score (nSPS) is 11.1. The second kappa shape index (κ2) is 9.20. The van der Waals surface area contributed by atoms with Crippen LogP contribution in [-0.4, -0.2) is 27.0 Å². The van der Waals surface area contributed by atoms with Crippen molar-refractivity contribution < 1.29 is 13.6 Å². The van der Waals surface area contributed by atoms with E-state index in [1.54, 1.807) is 42.5 Å². The third-order valence-electron chi connectivity index (χ3n) is 3.85. The summed E-state index contributed by atoms with van der Waals surface area (Å²) >= 11 is 1.51. The van der Waals surface area contributed by atoms with Gasteiger partial charge in [-0.2, -0.15) is 8.78 Å². The number of para-hydroxylation sites is 2. The minimum absolute atomic E-state index is 0.00153. The maximum Gasteiger partial charge on any atom is 0.288 e. The van der Waals surface area contributed by atoms with Gasteiger partial charge in [0.2, 0.25) is 5.91 Å². The Morgan fingerprint density at radius 3 is 2.64 bits per heavy atom. The average molecular weight is 421 g/mol. The van der Waals surface area contributed by atoms with Crippen LogP contribution in [0.25, 0.3) is 10.9 Å². The van der Waals surface area contributed by atoms with Crippen molar-refractivity contribution in [3.63, 3.8) is 0 Å². The number of anilines is 1. The van der Waals surface area contributed by atoms with Gasteiger partial charge in [-0.05, 0) is 31.2 Å². The highest BCUT2D eigenvalue weighted by Gasteiger charge is 2.14. The molecule has 2 aromatic carbocycles. The molecule has 0 saturated heterocycles. The summed E-state index contributed by atoms with van der Waals surface area (Å²) in [4.78, 5) is 29.7. The van der Waals surface area contributed by atoms with Crippen molar-refractivity contribution in [2.45, 2.75) is 29.3 Å². The molecule has 1 amide bonds. The smallest absolute Gasteiger partial charge is 0.288 e. The first kappa shape index (κ1) is 20.3. The highest BCUT2D eigenvalue weighted by Crippen LogP contribution is 2.31. The van der Waals surface area contributed by atoms with Crippen molar-refractivity contribution in [3.8, 4) is 0 Å². The minimum Gasteiger partial charge on any atom is -0.324 e. The maximum absolute atomic E-state index is 12.7. The number of carbonyl (C=O) groups excluding carboxylic acids is 1. The molecule has 9 heteroatoms. The molecule has 0 radical (unpaired) electrons. The largest absolute Gasteiger partial charge is 0.324 e. The van der Waals surface area contributed by atoms with Crippen LogP contribution in [0.4, 0.5) is 14.5 Å². The van der Waals surface area contributed by atoms with Crippen LogP contribution < -0.4 is 10.9 Å². The number of carbonyl (C=O) groups is 1. The van der Waals surface area contributed by atoms with Crippen molar-refractivity contribution in [2.75, 3.05) is 11.1 Å². The van der Waals surface area contributed by atoms with E-state index in [4.69, 9.17) is 0 Å². The van der Waals surface area contributed by atoms with Crippen LogP contribution in [0.3, 0.4) is 0 Å². The Morgan fingerprint density at radius 2 is 1.89 bits per heavy atom. The lowest BCUT2D eigenvalue weighted by Gasteiger charge is -2.12. The van der Waals surface area contributed by atoms with Crippen molar-refractivity contribution in [1.82, 2.24) is 9.55 Å². The van der Waals surface area contributed by atoms with E-state index in [-0.39, 0.29) is 17.2 Å². The van der Waals surface area contributed by atoms with Crippen molar-refractivity contribution in [2.24, 2.45) is 0 Å². The van der Waals surface area contributed by atoms with Crippen LogP contribution in [0.2, 0.25) is 0 Å². The molecule has 0 aliphatic carbocycles. The van der Waals surface area contributed by atoms with Crippen LogP contribution >= 0.6 is 23.5 Å². The molecular formula is C19H17F2N3O2S2. The fraction of sp³-hybridized carbons (Fsp3) is 0.211. The highest BCUT2D eigenvalue weighted by molar-refractivity contribution is 8.00. The van der Waals surface area contributed by atoms with Gasteiger partial charge in [-0.3, -0.25) is 14.2 Å². The quantitative estimate of drug-likeness (QED) is 0.451. The van der Waals surface area contributed by atoms with Crippen LogP contribution in [-0.2, 0) is 11.3 Å². The Kier molecular flexibility index (Phi) is 6.69. The Balaban J connectivity index is 1.76. The summed E-state index contributed by atoms with van der Waals surface area (Å²) in [5.41, 5.74) is 0.742. The standard InChI is InChI=1S/C19H17F2N3O2S2/c1-2-24-17(26)12-7-3-4-8-13(12)23-19(24)27-11-16(25)22-14-9-5-6-10-15(14)28-18(20)21/h3-10,18H,2,11H2,1H3,(H,22,25). The molecule has 0 fully saturated rings. The van der Waals surface area contributed by atoms with Gasteiger partial charge in [-0.1, -0.05) is 47.8 Å². The number of rotatable bonds is 7. The lowest BCUT2D eigenvalue weighted by Crippen LogP contribution is -2.23. The number of benzene rings is 2. The van der Waals surface area contributed by atoms with Gasteiger partial charge in [0.1, 0.15) is 0 Å². The number of thioether (sulfide) groups is 2. The highest BCUT2D eigenvalue weighted by atomic mass is 32.2. The average Bonchev–Trinajstić information content (AvgIpc) is 2.68. The van der Waals surface area contributed by atoms with E-state index in [9.17, 15) is 18.4 Å². The molecule has 0 aliphatic rings. The molecule has 0 unspecified atom stereocenters. The number of nitrogens with one attached hydrogen (secondary N) is 1. The van der Waals surface area contributed by atoms with E-state index in [0.717, 1.165) is 11.8 Å². The van der Waals surface area contributed by atoms with Crippen molar-refractivity contribution in [1.29, 1.82) is 0 Å². The van der Waals surface area contributed by atoms with Gasteiger partial charge in [0.05, 0.1) is 22.3 Å². The van der Waals surface area contributed by atoms with Crippen molar-refractivity contribution in [3.05, 3.63) is 58.9 Å². The number of amides is 1. The molecule has 3 rings (SSSR count). The summed E-state index contributed by atoms with van der Waals surface area (Å²) in [6.45, 7) is 2.26. The molecular weight excluding hydrogens is 404 g/mol. The maximum atomic E-state index is 12.7. The molecule has 1 N–H and O–H groups in total. The number of hydrogen-bond acceptors (Lipinski definition) is 5. The van der Waals surface area contributed by atoms with Crippen LogP contribution in [0.5, 0.6) is 0 Å². The van der Waals surface area contributed by atoms with Gasteiger partial charge < -0.3 is 5.32 Å². The van der Waals surface area contributed by atoms with Gasteiger partial charge in [0.15, 0.2) is 5.16 Å². The molecule has 0 aliphatic heterocycles. The summed E-state index contributed by atoms with van der Waals surface area (Å²) in [5.74, 6) is -2.94. The third-order valence-corrected chi connectivity index (χ3v) is 5.62. The monoisotopic (exact) mass is 421 g/mol. The lowest BCUT2D eigenvalue weighted by molar-refractivity contribution is -0.113. The summed E-state index contributed by atoms with van der Waals surface area (Å²) in [7, 11) is 0. The lowest BCUT2D eigenvalue weighted by atomic mass is 10.2. The fourth-order valence-corrected chi connectivity index (χ4v) is 4.08. The summed E-state index contributed by atoms with van der Waals surface area (Å²) in [5, 5.41) is 3.61. The molecule has 146 valence electrons. The van der Waals surface area contributed by atoms with Gasteiger partial charge in [0, 0.05) is 11.4 Å². The van der Waals surface area contributed by atoms with Gasteiger partial charge in [-0.25, -0.2) is 4.98 Å². The zero-order valence-corrected chi connectivity index (χ0v) is 16.5. The molecule has 5 nitrogen and oxygen atoms in total. The molecule has 0 bridgehead atoms. The molecule has 1 aromatic heterocycles. The zero-order chi connectivity index (χ0) is 20.1. The van der Waals surface area contributed by atoms with Gasteiger partial charge >= 0.3 is 0 Å². The summed E-state index contributed by atoms with van der Waals surface area (Å²) < 4.78 is 26.8. The van der Waals surface area contributed by atoms with E-state index in [0.29, 0.717) is 44.9 Å². The van der Waals surface area contributed by atoms with Crippen LogP contribution in [0, 0.1) is 0 Å². The second-order valence-electron chi connectivity index (χ2n) is 5.67. The van der Waals surface area contributed by atoms with E-state index >= 15 is 0 Å². The Labute approximate surface area is 168 Å². The summed E-state index contributed by atoms with van der Waals surface area (Å²) in [6.07, 6.45) is 0. The molecule has 1 heterocycles. The van der Waals surface area contributed by atoms with E-state index in [2.05, 4.69) is 10.3 Å². The van der Waals surface area contributed by atoms with E-state index in [1.165, 1.54) is 10.6 Å². The predicted molar refractivity (Wildman–Crippen MR) is 109 cm³/mol. The predicted octanol–water partition coefficient (Wildman–Crippen LogP) is 4.46. The first-order valence-electron chi connectivity index (χ1n) is 8.45. The Hall–Kier alpha value is -2.39. The number of fused-ring (bicyclic) bond motifs is 1. The number of alkyl halides is 2. The van der Waals surface area contributed by atoms with E-state index in [1.807, 2.05) is 6.92 Å². The molecule has 3 aromatic rings. The minimum atomic E-state index is -2.58. The first-order chi connectivity index (χ1) is 13.5. The van der Waals surface area contributed by atoms with Gasteiger partial charge in [-0.15, -0.1) is 0 Å². The number of hydrogen-bond donors (Lipinski definition) is 1. The van der Waals surface area contributed by atoms with Gasteiger partial charge in [0.25, 0.3) is 11.3 Å². The molecule has 28 heavy (non-hydrogen) atoms. The molecule has 0 saturated carbocycles. The number of halogens is 2. The van der Waals surface area contributed by atoms with Crippen molar-refractivity contribution >= 4 is 46.0 Å². The first-order valence-corrected chi connectivity index (χ1v) is 10.3. The van der Waals surface area contributed by atoms with E-state index < -0.39 is 5.76 Å². The molecule has 0 spiro atoms. The SMILES string of the molecule is CCn1c(SCC(=O)Nc2ccccc2SC(F)F)nc2ccccc2c1=O. The Morgan fingerprint density at radius 1 is 1.18 bits per heavy atom. The van der Waals surface area contributed by atoms with Crippen LogP contribution in [0.15, 0.2) is 63.4 Å². The fourth-order valence-electron chi connectivity index (χ4n) is 2.62. The zero-order valence-electron chi connectivity index (χ0n) is 14.9. The molecule has 0 atom stereocenters. The summed E-state index contributed by atoms with van der Waals surface area (Å²) in [6, 6.07) is 13.4. The third kappa shape index (κ3) is 4.71.